The van der Waals surface area contributed by atoms with Gasteiger partial charge in [-0.15, -0.1) is 11.3 Å². The van der Waals surface area contributed by atoms with Crippen molar-refractivity contribution in [1.29, 1.82) is 0 Å². The Morgan fingerprint density at radius 2 is 1.74 bits per heavy atom. The van der Waals surface area contributed by atoms with E-state index in [1.165, 1.54) is 17.4 Å². The molecule has 0 unspecified atom stereocenters. The maximum absolute atomic E-state index is 12.6. The molecule has 2 aromatic carbocycles. The lowest BCUT2D eigenvalue weighted by Gasteiger charge is -2.08. The minimum absolute atomic E-state index is 0.249. The second-order valence-corrected chi connectivity index (χ2v) is 8.20. The number of hydrogen-bond donors (Lipinski definition) is 1. The van der Waals surface area contributed by atoms with Gasteiger partial charge in [-0.05, 0) is 55.3 Å². The van der Waals surface area contributed by atoms with Gasteiger partial charge in [-0.3, -0.25) is 4.79 Å². The molecule has 0 spiro atoms. The molecule has 0 aliphatic heterocycles. The lowest BCUT2D eigenvalue weighted by Crippen LogP contribution is -2.12. The Balaban J connectivity index is 1.80. The minimum atomic E-state index is -0.465. The molecular weight excluding hydrogens is 478 g/mol. The van der Waals surface area contributed by atoms with Crippen LogP contribution in [0.2, 0.25) is 0 Å². The maximum atomic E-state index is 12.6. The molecule has 0 saturated carbocycles. The molecule has 3 aromatic rings. The monoisotopic (exact) mass is 499 g/mol. The van der Waals surface area contributed by atoms with Gasteiger partial charge in [-0.2, -0.15) is 0 Å². The van der Waals surface area contributed by atoms with Crippen molar-refractivity contribution < 1.29 is 19.1 Å². The lowest BCUT2D eigenvalue weighted by atomic mass is 10.0. The molecule has 1 aromatic heterocycles. The highest BCUT2D eigenvalue weighted by atomic mass is 79.9. The van der Waals surface area contributed by atoms with E-state index >= 15 is 0 Å². The zero-order valence-electron chi connectivity index (χ0n) is 17.2. The van der Waals surface area contributed by atoms with Gasteiger partial charge in [0.25, 0.3) is 0 Å². The number of hydrogen-bond acceptors (Lipinski definition) is 5. The molecule has 0 fully saturated rings. The molecule has 0 atom stereocenters. The SMILES string of the molecule is CCOC(=O)c1c(-c2ccc(Br)cc2)csc1NC(=O)C=Cc1ccc(OCC)cc1. The quantitative estimate of drug-likeness (QED) is 0.287. The number of nitrogens with one attached hydrogen (secondary N) is 1. The number of carbonyl (C=O) groups excluding carboxylic acids is 2. The molecule has 0 bridgehead atoms. The molecule has 5 nitrogen and oxygen atoms in total. The minimum Gasteiger partial charge on any atom is -0.494 e. The summed E-state index contributed by atoms with van der Waals surface area (Å²) in [5.74, 6) is -0.0154. The van der Waals surface area contributed by atoms with Gasteiger partial charge in [0, 0.05) is 21.5 Å². The normalized spacial score (nSPS) is 10.8. The molecular formula is C24H22BrNO4S. The van der Waals surface area contributed by atoms with Gasteiger partial charge in [0.15, 0.2) is 0 Å². The topological polar surface area (TPSA) is 64.6 Å². The Hall–Kier alpha value is -2.90. The molecule has 7 heteroatoms. The zero-order chi connectivity index (χ0) is 22.2. The third kappa shape index (κ3) is 6.06. The summed E-state index contributed by atoms with van der Waals surface area (Å²) in [7, 11) is 0. The molecule has 0 aliphatic carbocycles. The summed E-state index contributed by atoms with van der Waals surface area (Å²) in [5.41, 5.74) is 2.82. The fraction of sp³-hybridized carbons (Fsp3) is 0.167. The molecule has 31 heavy (non-hydrogen) atoms. The number of thiophene rings is 1. The molecule has 0 radical (unpaired) electrons. The van der Waals surface area contributed by atoms with E-state index < -0.39 is 5.97 Å². The van der Waals surface area contributed by atoms with Crippen LogP contribution in [-0.4, -0.2) is 25.1 Å². The highest BCUT2D eigenvalue weighted by Gasteiger charge is 2.22. The van der Waals surface area contributed by atoms with E-state index in [1.807, 2.05) is 60.8 Å². The standard InChI is InChI=1S/C24H22BrNO4S/c1-3-29-19-12-5-16(6-13-19)7-14-21(27)26-23-22(24(28)30-4-2)20(15-31-23)17-8-10-18(25)11-9-17/h5-15H,3-4H2,1-2H3,(H,26,27). The van der Waals surface area contributed by atoms with Crippen molar-refractivity contribution in [2.75, 3.05) is 18.5 Å². The van der Waals surface area contributed by atoms with Gasteiger partial charge in [-0.25, -0.2) is 4.79 Å². The van der Waals surface area contributed by atoms with Gasteiger partial charge < -0.3 is 14.8 Å². The average molecular weight is 500 g/mol. The summed E-state index contributed by atoms with van der Waals surface area (Å²) in [6, 6.07) is 15.1. The lowest BCUT2D eigenvalue weighted by molar-refractivity contribution is -0.111. The summed E-state index contributed by atoms with van der Waals surface area (Å²) >= 11 is 4.71. The number of esters is 1. The number of benzene rings is 2. The van der Waals surface area contributed by atoms with Crippen molar-refractivity contribution in [2.45, 2.75) is 13.8 Å². The van der Waals surface area contributed by atoms with Crippen molar-refractivity contribution in [3.63, 3.8) is 0 Å². The highest BCUT2D eigenvalue weighted by Crippen LogP contribution is 2.36. The first-order valence-corrected chi connectivity index (χ1v) is 11.5. The highest BCUT2D eigenvalue weighted by molar-refractivity contribution is 9.10. The summed E-state index contributed by atoms with van der Waals surface area (Å²) in [5, 5.41) is 5.12. The van der Waals surface area contributed by atoms with Crippen molar-refractivity contribution in [2.24, 2.45) is 0 Å². The molecule has 160 valence electrons. The molecule has 3 rings (SSSR count). The van der Waals surface area contributed by atoms with Crippen LogP contribution in [0.5, 0.6) is 5.75 Å². The van der Waals surface area contributed by atoms with Crippen molar-refractivity contribution in [1.82, 2.24) is 0 Å². The first-order chi connectivity index (χ1) is 15.0. The van der Waals surface area contributed by atoms with Crippen molar-refractivity contribution in [3.8, 4) is 16.9 Å². The number of anilines is 1. The third-order valence-corrected chi connectivity index (χ3v) is 5.70. The van der Waals surface area contributed by atoms with E-state index in [0.29, 0.717) is 17.2 Å². The van der Waals surface area contributed by atoms with Crippen LogP contribution < -0.4 is 10.1 Å². The van der Waals surface area contributed by atoms with Gasteiger partial charge >= 0.3 is 5.97 Å². The average Bonchev–Trinajstić information content (AvgIpc) is 3.17. The van der Waals surface area contributed by atoms with Gasteiger partial charge in [0.2, 0.25) is 5.91 Å². The smallest absolute Gasteiger partial charge is 0.341 e. The van der Waals surface area contributed by atoms with E-state index in [2.05, 4.69) is 21.2 Å². The molecule has 1 amide bonds. The second kappa shape index (κ2) is 10.9. The van der Waals surface area contributed by atoms with Crippen LogP contribution in [0, 0.1) is 0 Å². The fourth-order valence-electron chi connectivity index (χ4n) is 2.87. The van der Waals surface area contributed by atoms with Crippen LogP contribution in [0.25, 0.3) is 17.2 Å². The predicted molar refractivity (Wildman–Crippen MR) is 129 cm³/mol. The largest absolute Gasteiger partial charge is 0.494 e. The Kier molecular flexibility index (Phi) is 8.03. The maximum Gasteiger partial charge on any atom is 0.341 e. The van der Waals surface area contributed by atoms with Crippen LogP contribution in [0.4, 0.5) is 5.00 Å². The summed E-state index contributed by atoms with van der Waals surface area (Å²) in [6.45, 7) is 4.53. The summed E-state index contributed by atoms with van der Waals surface area (Å²) < 4.78 is 11.6. The van der Waals surface area contributed by atoms with Crippen LogP contribution in [-0.2, 0) is 9.53 Å². The third-order valence-electron chi connectivity index (χ3n) is 4.28. The first kappa shape index (κ1) is 22.8. The molecule has 1 heterocycles. The number of carbonyl (C=O) groups is 2. The molecule has 0 saturated heterocycles. The zero-order valence-corrected chi connectivity index (χ0v) is 19.6. The predicted octanol–water partition coefficient (Wildman–Crippen LogP) is 6.40. The van der Waals surface area contributed by atoms with E-state index in [1.54, 1.807) is 13.0 Å². The van der Waals surface area contributed by atoms with Gasteiger partial charge in [0.1, 0.15) is 16.3 Å². The fourth-order valence-corrected chi connectivity index (χ4v) is 4.09. The Morgan fingerprint density at radius 3 is 2.39 bits per heavy atom. The Bertz CT molecular complexity index is 1070. The van der Waals surface area contributed by atoms with E-state index in [4.69, 9.17) is 9.47 Å². The number of amides is 1. The number of halogens is 1. The number of rotatable bonds is 8. The van der Waals surface area contributed by atoms with Crippen molar-refractivity contribution in [3.05, 3.63) is 75.6 Å². The second-order valence-electron chi connectivity index (χ2n) is 6.41. The Morgan fingerprint density at radius 1 is 1.03 bits per heavy atom. The molecule has 0 aliphatic rings. The van der Waals surface area contributed by atoms with Crippen LogP contribution in [0.15, 0.2) is 64.5 Å². The molecule has 1 N–H and O–H groups in total. The Labute approximate surface area is 193 Å². The van der Waals surface area contributed by atoms with E-state index in [9.17, 15) is 9.59 Å². The van der Waals surface area contributed by atoms with Crippen LogP contribution in [0.3, 0.4) is 0 Å². The summed E-state index contributed by atoms with van der Waals surface area (Å²) in [6.07, 6.45) is 3.14. The van der Waals surface area contributed by atoms with Gasteiger partial charge in [0.05, 0.1) is 13.2 Å². The van der Waals surface area contributed by atoms with Gasteiger partial charge in [-0.1, -0.05) is 40.2 Å². The van der Waals surface area contributed by atoms with Crippen LogP contribution >= 0.6 is 27.3 Å². The summed E-state index contributed by atoms with van der Waals surface area (Å²) in [4.78, 5) is 25.1. The number of ether oxygens (including phenoxy) is 2. The van der Waals surface area contributed by atoms with Crippen molar-refractivity contribution >= 4 is 50.2 Å². The van der Waals surface area contributed by atoms with Crippen LogP contribution in [0.1, 0.15) is 29.8 Å². The van der Waals surface area contributed by atoms with E-state index in [0.717, 1.165) is 26.9 Å². The van der Waals surface area contributed by atoms with E-state index in [-0.39, 0.29) is 12.5 Å². The first-order valence-electron chi connectivity index (χ1n) is 9.78.